The van der Waals surface area contributed by atoms with Crippen LogP contribution in [0.15, 0.2) is 18.5 Å². The van der Waals surface area contributed by atoms with Crippen LogP contribution in [0.4, 0.5) is 10.5 Å². The number of H-pyrrole nitrogens is 1. The molecular formula is C17H25ClN4O2. The summed E-state index contributed by atoms with van der Waals surface area (Å²) < 4.78 is 5.48. The van der Waals surface area contributed by atoms with Crippen LogP contribution in [0.5, 0.6) is 0 Å². The Bertz CT molecular complexity index is 744. The molecule has 1 fully saturated rings. The number of nitrogens with zero attached hydrogens (tertiary/aromatic N) is 2. The van der Waals surface area contributed by atoms with Crippen molar-refractivity contribution in [1.82, 2.24) is 14.9 Å². The van der Waals surface area contributed by atoms with Gasteiger partial charge in [0.15, 0.2) is 0 Å². The number of ether oxygens (including phenoxy) is 1. The van der Waals surface area contributed by atoms with E-state index in [1.54, 1.807) is 11.1 Å². The second-order valence-corrected chi connectivity index (χ2v) is 7.54. The van der Waals surface area contributed by atoms with E-state index in [-0.39, 0.29) is 13.6 Å². The summed E-state index contributed by atoms with van der Waals surface area (Å²) in [5.41, 5.74) is 1.17. The molecule has 0 spiro atoms. The highest BCUT2D eigenvalue weighted by molar-refractivity contribution is 6.34. The molecule has 6 nitrogen and oxygen atoms in total. The number of fused-ring (bicyclic) bond motifs is 1. The lowest BCUT2D eigenvalue weighted by atomic mass is 10.1. The van der Waals surface area contributed by atoms with Crippen LogP contribution < -0.4 is 5.32 Å². The third-order valence-corrected chi connectivity index (χ3v) is 4.25. The Hall–Kier alpha value is -1.95. The monoisotopic (exact) mass is 352 g/mol. The lowest BCUT2D eigenvalue weighted by Gasteiger charge is -2.35. The lowest BCUT2D eigenvalue weighted by Crippen LogP contribution is -2.47. The van der Waals surface area contributed by atoms with Gasteiger partial charge in [-0.1, -0.05) is 11.6 Å². The molecular weight excluding hydrogens is 328 g/mol. The van der Waals surface area contributed by atoms with Crippen LogP contribution in [0, 0.1) is 0 Å². The van der Waals surface area contributed by atoms with Crippen molar-refractivity contribution in [3.63, 3.8) is 0 Å². The number of anilines is 1. The fourth-order valence-corrected chi connectivity index (χ4v) is 3.13. The number of amides is 1. The summed E-state index contributed by atoms with van der Waals surface area (Å²) in [6.45, 7) is 6.95. The van der Waals surface area contributed by atoms with Crippen molar-refractivity contribution in [2.75, 3.05) is 18.4 Å². The van der Waals surface area contributed by atoms with Crippen molar-refractivity contribution in [1.29, 1.82) is 0 Å². The minimum atomic E-state index is -0.483. The molecule has 1 atom stereocenters. The van der Waals surface area contributed by atoms with E-state index in [9.17, 15) is 4.79 Å². The number of rotatable bonds is 2. The van der Waals surface area contributed by atoms with Crippen LogP contribution in [0.2, 0.25) is 5.02 Å². The van der Waals surface area contributed by atoms with Gasteiger partial charge < -0.3 is 19.9 Å². The molecule has 132 valence electrons. The first-order valence-electron chi connectivity index (χ1n) is 8.19. The van der Waals surface area contributed by atoms with E-state index >= 15 is 0 Å². The predicted molar refractivity (Wildman–Crippen MR) is 97.7 cm³/mol. The fourth-order valence-electron chi connectivity index (χ4n) is 2.92. The maximum absolute atomic E-state index is 12.3. The predicted octanol–water partition coefficient (Wildman–Crippen LogP) is 4.27. The highest BCUT2D eigenvalue weighted by Crippen LogP contribution is 2.31. The Kier molecular flexibility index (Phi) is 4.58. The first kappa shape index (κ1) is 16.9. The van der Waals surface area contributed by atoms with Crippen molar-refractivity contribution in [2.45, 2.75) is 45.3 Å². The summed E-state index contributed by atoms with van der Waals surface area (Å²) in [7, 11) is 0. The molecule has 1 saturated heterocycles. The van der Waals surface area contributed by atoms with Gasteiger partial charge in [-0.2, -0.15) is 0 Å². The van der Waals surface area contributed by atoms with Crippen LogP contribution in [0.1, 0.15) is 35.0 Å². The maximum Gasteiger partial charge on any atom is 0.410 e. The number of piperidine rings is 1. The topological polar surface area (TPSA) is 70.2 Å². The molecule has 3 heterocycles. The van der Waals surface area contributed by atoms with Gasteiger partial charge in [0, 0.05) is 32.1 Å². The van der Waals surface area contributed by atoms with E-state index in [0.717, 1.165) is 36.1 Å². The smallest absolute Gasteiger partial charge is 0.410 e. The summed E-state index contributed by atoms with van der Waals surface area (Å²) in [5, 5.41) is 5.02. The summed E-state index contributed by atoms with van der Waals surface area (Å²) >= 11 is 6.32. The van der Waals surface area contributed by atoms with Crippen molar-refractivity contribution < 1.29 is 11.0 Å². The molecule has 2 aromatic heterocycles. The molecule has 0 bridgehead atoms. The van der Waals surface area contributed by atoms with Gasteiger partial charge in [0.2, 0.25) is 0 Å². The van der Waals surface area contributed by atoms with Crippen LogP contribution in [-0.2, 0) is 4.74 Å². The number of carbonyl (C=O) groups excluding carboxylic acids is 1. The average Bonchev–Trinajstić information content (AvgIpc) is 2.97. The van der Waals surface area contributed by atoms with Gasteiger partial charge in [-0.3, -0.25) is 0 Å². The molecule has 3 rings (SSSR count). The molecule has 2 aromatic rings. The number of aromatic amines is 1. The van der Waals surface area contributed by atoms with Crippen molar-refractivity contribution in [3.8, 4) is 0 Å². The fraction of sp³-hybridized carbons (Fsp3) is 0.529. The van der Waals surface area contributed by atoms with Crippen LogP contribution in [0.3, 0.4) is 0 Å². The Morgan fingerprint density at radius 2 is 2.33 bits per heavy atom. The Balaban J connectivity index is 0.00000225. The van der Waals surface area contributed by atoms with Gasteiger partial charge in [-0.05, 0) is 39.7 Å². The van der Waals surface area contributed by atoms with E-state index in [1.807, 2.05) is 33.0 Å². The summed E-state index contributed by atoms with van der Waals surface area (Å²) in [5.74, 6) is 0. The van der Waals surface area contributed by atoms with Gasteiger partial charge in [0.1, 0.15) is 11.2 Å². The highest BCUT2D eigenvalue weighted by atomic mass is 35.5. The molecule has 0 aromatic carbocycles. The molecule has 0 unspecified atom stereocenters. The molecule has 1 aliphatic rings. The minimum Gasteiger partial charge on any atom is -0.444 e. The molecule has 0 saturated carbocycles. The number of carbonyl (C=O) groups is 1. The van der Waals surface area contributed by atoms with Gasteiger partial charge in [-0.15, -0.1) is 0 Å². The summed E-state index contributed by atoms with van der Waals surface area (Å²) in [6, 6.07) is 2.08. The number of pyridine rings is 1. The molecule has 7 heteroatoms. The average molecular weight is 353 g/mol. The first-order chi connectivity index (χ1) is 11.3. The molecule has 24 heavy (non-hydrogen) atoms. The first-order valence-corrected chi connectivity index (χ1v) is 8.57. The molecule has 1 amide bonds. The molecule has 0 radical (unpaired) electrons. The zero-order valence-electron chi connectivity index (χ0n) is 14.2. The summed E-state index contributed by atoms with van der Waals surface area (Å²) in [6.07, 6.45) is 5.12. The number of halogens is 1. The van der Waals surface area contributed by atoms with Gasteiger partial charge in [-0.25, -0.2) is 9.78 Å². The number of likely N-dealkylation sites (tertiary alicyclic amines) is 1. The van der Waals surface area contributed by atoms with E-state index < -0.39 is 5.60 Å². The number of nitrogens with one attached hydrogen (secondary N) is 2. The van der Waals surface area contributed by atoms with Crippen LogP contribution >= 0.6 is 11.6 Å². The van der Waals surface area contributed by atoms with Gasteiger partial charge in [0.05, 0.1) is 16.9 Å². The second kappa shape index (κ2) is 6.51. The number of hydrogen-bond acceptors (Lipinski definition) is 4. The molecule has 2 N–H and O–H groups in total. The quantitative estimate of drug-likeness (QED) is 0.846. The van der Waals surface area contributed by atoms with Crippen LogP contribution in [0.25, 0.3) is 11.0 Å². The third-order valence-electron chi connectivity index (χ3n) is 3.96. The maximum atomic E-state index is 12.3. The Labute approximate surface area is 148 Å². The second-order valence-electron chi connectivity index (χ2n) is 7.13. The van der Waals surface area contributed by atoms with Crippen molar-refractivity contribution in [3.05, 3.63) is 23.5 Å². The highest BCUT2D eigenvalue weighted by Gasteiger charge is 2.28. The Morgan fingerprint density at radius 1 is 1.54 bits per heavy atom. The van der Waals surface area contributed by atoms with Gasteiger partial charge >= 0.3 is 6.09 Å². The van der Waals surface area contributed by atoms with Crippen molar-refractivity contribution in [2.24, 2.45) is 0 Å². The van der Waals surface area contributed by atoms with E-state index in [4.69, 9.17) is 16.3 Å². The van der Waals surface area contributed by atoms with Gasteiger partial charge in [0.25, 0.3) is 0 Å². The van der Waals surface area contributed by atoms with Crippen molar-refractivity contribution >= 4 is 34.4 Å². The Morgan fingerprint density at radius 3 is 3.08 bits per heavy atom. The zero-order valence-corrected chi connectivity index (χ0v) is 15.0. The SMILES string of the molecule is CC(C)(C)OC(=O)N1CCC[C@@H](Nc2c(Cl)cnc3[nH]ccc23)C1.[HH]. The zero-order chi connectivity index (χ0) is 17.3. The number of aromatic nitrogens is 2. The van der Waals surface area contributed by atoms with E-state index in [0.29, 0.717) is 11.6 Å². The lowest BCUT2D eigenvalue weighted by molar-refractivity contribution is 0.0206. The standard InChI is InChI=1S/C17H23ClN4O2.H2/c1-17(2,3)24-16(23)22-8-4-5-11(10-22)21-14-12-6-7-19-15(12)20-9-13(14)18;/h6-7,9,11H,4-5,8,10H2,1-3H3,(H2,19,20,21);1H/t11-;/m1./s1. The normalized spacial score (nSPS) is 18.7. The minimum absolute atomic E-state index is 0. The van der Waals surface area contributed by atoms with E-state index in [2.05, 4.69) is 15.3 Å². The summed E-state index contributed by atoms with van der Waals surface area (Å²) in [4.78, 5) is 21.4. The number of hydrogen-bond donors (Lipinski definition) is 2. The molecule has 0 aliphatic carbocycles. The largest absolute Gasteiger partial charge is 0.444 e. The van der Waals surface area contributed by atoms with E-state index in [1.165, 1.54) is 0 Å². The third kappa shape index (κ3) is 3.75. The van der Waals surface area contributed by atoms with Crippen LogP contribution in [-0.4, -0.2) is 45.7 Å². The molecule has 1 aliphatic heterocycles.